The Morgan fingerprint density at radius 3 is 2.39 bits per heavy atom. The Kier molecular flexibility index (Phi) is 8.08. The van der Waals surface area contributed by atoms with Crippen LogP contribution in [0.25, 0.3) is 0 Å². The summed E-state index contributed by atoms with van der Waals surface area (Å²) in [6, 6.07) is -0.0153. The van der Waals surface area contributed by atoms with Gasteiger partial charge in [0.2, 0.25) is 0 Å². The zero-order chi connectivity index (χ0) is 12.3. The summed E-state index contributed by atoms with van der Waals surface area (Å²) < 4.78 is 5.04. The Labute approximate surface area is 108 Å². The number of hydroxylamine groups is 2. The van der Waals surface area contributed by atoms with Gasteiger partial charge in [-0.15, -0.1) is 5.06 Å². The van der Waals surface area contributed by atoms with Crippen LogP contribution in [0.1, 0.15) is 27.2 Å². The summed E-state index contributed by atoms with van der Waals surface area (Å²) in [5.41, 5.74) is 10.8. The summed E-state index contributed by atoms with van der Waals surface area (Å²) >= 11 is 0. The van der Waals surface area contributed by atoms with Crippen molar-refractivity contribution in [2.75, 3.05) is 13.1 Å². The number of rotatable bonds is 2. The maximum Gasteiger partial charge on any atom is 0.528 e. The molecule has 0 aromatic carbocycles. The first-order chi connectivity index (χ1) is 7.31. The summed E-state index contributed by atoms with van der Waals surface area (Å²) in [5, 5.41) is 1.51. The lowest BCUT2D eigenvalue weighted by Gasteiger charge is -2.24. The maximum absolute atomic E-state index is 11.4. The maximum atomic E-state index is 11.4. The fourth-order valence-electron chi connectivity index (χ4n) is 1.61. The van der Waals surface area contributed by atoms with Gasteiger partial charge in [0.25, 0.3) is 0 Å². The molecule has 18 heavy (non-hydrogen) atoms. The first kappa shape index (κ1) is 19.4. The molecule has 2 atom stereocenters. The third-order valence-corrected chi connectivity index (χ3v) is 2.25. The molecule has 110 valence electrons. The number of hydrogen-bond donors (Lipinski definition) is 4. The largest absolute Gasteiger partial charge is 0.528 e. The van der Waals surface area contributed by atoms with E-state index in [-0.39, 0.29) is 24.4 Å². The first-order valence-corrected chi connectivity index (χ1v) is 5.45. The second kappa shape index (κ2) is 7.49. The van der Waals surface area contributed by atoms with Gasteiger partial charge in [0.05, 0.1) is 12.6 Å². The van der Waals surface area contributed by atoms with Gasteiger partial charge in [-0.1, -0.05) is 0 Å². The summed E-state index contributed by atoms with van der Waals surface area (Å²) in [5.74, 6) is 0. The average molecular weight is 265 g/mol. The van der Waals surface area contributed by atoms with Gasteiger partial charge in [-0.3, -0.25) is 0 Å². The van der Waals surface area contributed by atoms with Crippen molar-refractivity contribution in [3.63, 3.8) is 0 Å². The van der Waals surface area contributed by atoms with Crippen LogP contribution in [0.3, 0.4) is 0 Å². The molecule has 0 bridgehead atoms. The molecular formula is C10H27N5O3. The van der Waals surface area contributed by atoms with Crippen LogP contribution in [0.5, 0.6) is 0 Å². The highest BCUT2D eigenvalue weighted by atomic mass is 16.8. The second-order valence-electron chi connectivity index (χ2n) is 5.04. The quantitative estimate of drug-likeness (QED) is 0.526. The van der Waals surface area contributed by atoms with Crippen LogP contribution in [0.15, 0.2) is 0 Å². The van der Waals surface area contributed by atoms with E-state index in [9.17, 15) is 4.79 Å². The van der Waals surface area contributed by atoms with Crippen LogP contribution in [-0.4, -0.2) is 42.0 Å². The molecule has 1 aliphatic rings. The molecule has 10 N–H and O–H groups in total. The Hall–Kier alpha value is -0.930. The molecule has 0 spiro atoms. The Balaban J connectivity index is 0. The minimum Gasteiger partial charge on any atom is -0.427 e. The molecule has 1 fully saturated rings. The van der Waals surface area contributed by atoms with Crippen molar-refractivity contribution < 1.29 is 14.4 Å². The van der Waals surface area contributed by atoms with Crippen molar-refractivity contribution in [3.8, 4) is 0 Å². The number of nitrogens with two attached hydrogens (primary N) is 2. The summed E-state index contributed by atoms with van der Waals surface area (Å²) in [6.45, 7) is 6.26. The van der Waals surface area contributed by atoms with E-state index in [1.165, 1.54) is 5.06 Å². The van der Waals surface area contributed by atoms with E-state index in [2.05, 4.69) is 0 Å². The minimum atomic E-state index is -0.708. The van der Waals surface area contributed by atoms with Crippen molar-refractivity contribution in [1.29, 1.82) is 0 Å². The van der Waals surface area contributed by atoms with Gasteiger partial charge in [-0.05, 0) is 27.2 Å². The molecule has 8 heteroatoms. The zero-order valence-corrected chi connectivity index (χ0v) is 11.5. The standard InChI is InChI=1S/C10H21N3O3.2H3N/c1-10(2,3)15-9(14)16-13-6-7(12)4-8(13)5-11;;/h7-8H,4-6,11-12H2,1-3H3;2*1H3. The van der Waals surface area contributed by atoms with E-state index in [0.717, 1.165) is 6.42 Å². The van der Waals surface area contributed by atoms with Crippen LogP contribution in [0.2, 0.25) is 0 Å². The van der Waals surface area contributed by atoms with E-state index in [0.29, 0.717) is 13.1 Å². The van der Waals surface area contributed by atoms with Gasteiger partial charge in [-0.2, -0.15) is 0 Å². The normalized spacial score (nSPS) is 23.8. The Bertz CT molecular complexity index is 256. The molecule has 0 aliphatic carbocycles. The van der Waals surface area contributed by atoms with E-state index in [1.54, 1.807) is 20.8 Å². The summed E-state index contributed by atoms with van der Waals surface area (Å²) in [6.07, 6.45) is 0.0271. The van der Waals surface area contributed by atoms with E-state index < -0.39 is 11.8 Å². The van der Waals surface area contributed by atoms with Gasteiger partial charge in [0.1, 0.15) is 5.60 Å². The van der Waals surface area contributed by atoms with Crippen molar-refractivity contribution in [2.45, 2.75) is 44.9 Å². The highest BCUT2D eigenvalue weighted by Crippen LogP contribution is 2.17. The Morgan fingerprint density at radius 2 is 1.94 bits per heavy atom. The fourth-order valence-corrected chi connectivity index (χ4v) is 1.61. The van der Waals surface area contributed by atoms with Crippen LogP contribution in [0, 0.1) is 0 Å². The topological polar surface area (TPSA) is 161 Å². The van der Waals surface area contributed by atoms with Crippen molar-refractivity contribution >= 4 is 6.16 Å². The highest BCUT2D eigenvalue weighted by molar-refractivity contribution is 5.60. The SMILES string of the molecule is CC(C)(C)OC(=O)ON1CC(N)CC1CN.N.N. The third kappa shape index (κ3) is 6.12. The van der Waals surface area contributed by atoms with Crippen molar-refractivity contribution in [2.24, 2.45) is 11.5 Å². The molecule has 1 rings (SSSR count). The molecule has 0 aromatic rings. The zero-order valence-electron chi connectivity index (χ0n) is 11.5. The van der Waals surface area contributed by atoms with Gasteiger partial charge >= 0.3 is 6.16 Å². The predicted octanol–water partition coefficient (Wildman–Crippen LogP) is 0.537. The lowest BCUT2D eigenvalue weighted by molar-refractivity contribution is -0.149. The fraction of sp³-hybridized carbons (Fsp3) is 0.900. The molecular weight excluding hydrogens is 238 g/mol. The average Bonchev–Trinajstić information content (AvgIpc) is 2.42. The van der Waals surface area contributed by atoms with E-state index in [4.69, 9.17) is 21.0 Å². The number of nitrogens with zero attached hydrogens (tertiary/aromatic N) is 1. The number of carbonyl (C=O) groups is 1. The first-order valence-electron chi connectivity index (χ1n) is 5.45. The van der Waals surface area contributed by atoms with E-state index >= 15 is 0 Å². The summed E-state index contributed by atoms with van der Waals surface area (Å²) in [4.78, 5) is 16.5. The van der Waals surface area contributed by atoms with Gasteiger partial charge in [0, 0.05) is 12.6 Å². The smallest absolute Gasteiger partial charge is 0.427 e. The molecule has 0 amide bonds. The number of ether oxygens (including phenoxy) is 1. The Morgan fingerprint density at radius 1 is 1.39 bits per heavy atom. The molecule has 0 aromatic heterocycles. The minimum absolute atomic E-state index is 0. The van der Waals surface area contributed by atoms with Crippen LogP contribution in [0.4, 0.5) is 4.79 Å². The van der Waals surface area contributed by atoms with Gasteiger partial charge < -0.3 is 33.3 Å². The lowest BCUT2D eigenvalue weighted by atomic mass is 10.2. The number of carbonyl (C=O) groups excluding carboxylic acids is 1. The molecule has 0 radical (unpaired) electrons. The summed E-state index contributed by atoms with van der Waals surface area (Å²) in [7, 11) is 0. The monoisotopic (exact) mass is 265 g/mol. The molecule has 1 aliphatic heterocycles. The van der Waals surface area contributed by atoms with Crippen molar-refractivity contribution in [1.82, 2.24) is 17.4 Å². The van der Waals surface area contributed by atoms with Gasteiger partial charge in [0.15, 0.2) is 0 Å². The molecule has 1 heterocycles. The lowest BCUT2D eigenvalue weighted by Crippen LogP contribution is -2.39. The third-order valence-electron chi connectivity index (χ3n) is 2.25. The molecule has 8 nitrogen and oxygen atoms in total. The highest BCUT2D eigenvalue weighted by Gasteiger charge is 2.33. The molecule has 1 saturated heterocycles. The second-order valence-corrected chi connectivity index (χ2v) is 5.04. The molecule has 0 saturated carbocycles. The van der Waals surface area contributed by atoms with Crippen molar-refractivity contribution in [3.05, 3.63) is 0 Å². The van der Waals surface area contributed by atoms with Crippen LogP contribution >= 0.6 is 0 Å². The van der Waals surface area contributed by atoms with Crippen LogP contribution < -0.4 is 23.8 Å². The van der Waals surface area contributed by atoms with Crippen LogP contribution in [-0.2, 0) is 9.57 Å². The van der Waals surface area contributed by atoms with Gasteiger partial charge in [-0.25, -0.2) is 4.79 Å². The van der Waals surface area contributed by atoms with E-state index in [1.807, 2.05) is 0 Å². The molecule has 2 unspecified atom stereocenters. The predicted molar refractivity (Wildman–Crippen MR) is 69.5 cm³/mol. The number of hydrogen-bond acceptors (Lipinski definition) is 8.